The van der Waals surface area contributed by atoms with Crippen LogP contribution in [0.2, 0.25) is 0 Å². The molecule has 2 aromatic rings. The standard InChI is InChI=1S/C22H24N2O/c23-21(25)14-8-7-13-19-15-16-20(17-9-3-1-4-10-17)22(24-19)18-11-5-2-6-12-18/h1-6,9-12,15-16,19,24H,7-8,13-14H2,(H2,23,25). The van der Waals surface area contributed by atoms with Gasteiger partial charge >= 0.3 is 0 Å². The van der Waals surface area contributed by atoms with Gasteiger partial charge in [-0.25, -0.2) is 0 Å². The smallest absolute Gasteiger partial charge is 0.217 e. The van der Waals surface area contributed by atoms with Crippen molar-refractivity contribution in [3.05, 3.63) is 83.9 Å². The molecule has 1 amide bonds. The molecule has 1 atom stereocenters. The molecule has 0 saturated carbocycles. The number of primary amides is 1. The van der Waals surface area contributed by atoms with Crippen molar-refractivity contribution in [2.75, 3.05) is 0 Å². The predicted molar refractivity (Wildman–Crippen MR) is 103 cm³/mol. The Balaban J connectivity index is 1.79. The third-order valence-electron chi connectivity index (χ3n) is 4.43. The molecular weight excluding hydrogens is 308 g/mol. The van der Waals surface area contributed by atoms with Crippen molar-refractivity contribution in [1.82, 2.24) is 5.32 Å². The topological polar surface area (TPSA) is 55.1 Å². The van der Waals surface area contributed by atoms with Crippen molar-refractivity contribution < 1.29 is 4.79 Å². The predicted octanol–water partition coefficient (Wildman–Crippen LogP) is 4.13. The van der Waals surface area contributed by atoms with E-state index in [4.69, 9.17) is 5.73 Å². The highest BCUT2D eigenvalue weighted by Crippen LogP contribution is 2.29. The van der Waals surface area contributed by atoms with E-state index in [1.807, 2.05) is 12.1 Å². The number of benzene rings is 2. The number of carbonyl (C=O) groups excluding carboxylic acids is 1. The highest BCUT2D eigenvalue weighted by atomic mass is 16.1. The van der Waals surface area contributed by atoms with Gasteiger partial charge in [0.15, 0.2) is 0 Å². The molecule has 128 valence electrons. The van der Waals surface area contributed by atoms with Crippen LogP contribution in [0, 0.1) is 0 Å². The van der Waals surface area contributed by atoms with Crippen LogP contribution in [0.5, 0.6) is 0 Å². The Morgan fingerprint density at radius 2 is 1.56 bits per heavy atom. The molecule has 0 aliphatic carbocycles. The molecule has 25 heavy (non-hydrogen) atoms. The molecule has 1 heterocycles. The van der Waals surface area contributed by atoms with Crippen LogP contribution in [0.25, 0.3) is 11.3 Å². The van der Waals surface area contributed by atoms with Crippen LogP contribution in [-0.4, -0.2) is 11.9 Å². The number of amides is 1. The molecule has 0 radical (unpaired) electrons. The van der Waals surface area contributed by atoms with Gasteiger partial charge in [-0.3, -0.25) is 4.79 Å². The maximum Gasteiger partial charge on any atom is 0.217 e. The fraction of sp³-hybridized carbons (Fsp3) is 0.227. The average Bonchev–Trinajstić information content (AvgIpc) is 2.66. The molecule has 1 unspecified atom stereocenters. The van der Waals surface area contributed by atoms with Crippen LogP contribution >= 0.6 is 0 Å². The zero-order valence-corrected chi connectivity index (χ0v) is 14.3. The summed E-state index contributed by atoms with van der Waals surface area (Å²) in [6.45, 7) is 0. The van der Waals surface area contributed by atoms with Crippen molar-refractivity contribution in [2.45, 2.75) is 31.7 Å². The maximum atomic E-state index is 10.9. The first kappa shape index (κ1) is 17.0. The molecule has 0 spiro atoms. The maximum absolute atomic E-state index is 10.9. The summed E-state index contributed by atoms with van der Waals surface area (Å²) in [5, 5.41) is 3.68. The number of nitrogens with two attached hydrogens (primary N) is 1. The van der Waals surface area contributed by atoms with Gasteiger partial charge in [-0.15, -0.1) is 0 Å². The first-order chi connectivity index (χ1) is 12.2. The monoisotopic (exact) mass is 332 g/mol. The summed E-state index contributed by atoms with van der Waals surface area (Å²) in [6.07, 6.45) is 7.71. The molecule has 0 bridgehead atoms. The van der Waals surface area contributed by atoms with Crippen molar-refractivity contribution >= 4 is 17.2 Å². The Morgan fingerprint density at radius 3 is 2.20 bits per heavy atom. The summed E-state index contributed by atoms with van der Waals surface area (Å²) in [7, 11) is 0. The van der Waals surface area contributed by atoms with Crippen LogP contribution in [0.15, 0.2) is 72.8 Å². The molecule has 3 nitrogen and oxygen atoms in total. The van der Waals surface area contributed by atoms with Gasteiger partial charge in [-0.1, -0.05) is 79.2 Å². The Hall–Kier alpha value is -2.81. The van der Waals surface area contributed by atoms with Crippen LogP contribution in [-0.2, 0) is 4.79 Å². The van der Waals surface area contributed by atoms with E-state index in [1.165, 1.54) is 16.7 Å². The summed E-state index contributed by atoms with van der Waals surface area (Å²) in [4.78, 5) is 10.9. The van der Waals surface area contributed by atoms with Crippen molar-refractivity contribution in [3.63, 3.8) is 0 Å². The first-order valence-corrected chi connectivity index (χ1v) is 8.82. The Morgan fingerprint density at radius 1 is 0.920 bits per heavy atom. The average molecular weight is 332 g/mol. The molecule has 2 aromatic carbocycles. The molecule has 1 aliphatic rings. The zero-order chi connectivity index (χ0) is 17.5. The molecular formula is C22H24N2O. The number of hydrogen-bond acceptors (Lipinski definition) is 2. The van der Waals surface area contributed by atoms with Crippen molar-refractivity contribution in [1.29, 1.82) is 0 Å². The van der Waals surface area contributed by atoms with Gasteiger partial charge in [0.2, 0.25) is 5.91 Å². The van der Waals surface area contributed by atoms with Crippen molar-refractivity contribution in [2.24, 2.45) is 5.73 Å². The molecule has 3 N–H and O–H groups in total. The summed E-state index contributed by atoms with van der Waals surface area (Å²) >= 11 is 0. The molecule has 0 aromatic heterocycles. The Labute approximate surface area is 149 Å². The van der Waals surface area contributed by atoms with E-state index in [0.717, 1.165) is 25.0 Å². The van der Waals surface area contributed by atoms with Gasteiger partial charge in [0.25, 0.3) is 0 Å². The molecule has 0 saturated heterocycles. The van der Waals surface area contributed by atoms with Crippen LogP contribution in [0.1, 0.15) is 36.8 Å². The van der Waals surface area contributed by atoms with Crippen molar-refractivity contribution in [3.8, 4) is 0 Å². The van der Waals surface area contributed by atoms with Gasteiger partial charge in [0, 0.05) is 23.7 Å². The zero-order valence-electron chi connectivity index (χ0n) is 14.3. The number of hydrogen-bond donors (Lipinski definition) is 2. The van der Waals surface area contributed by atoms with Crippen LogP contribution < -0.4 is 11.1 Å². The minimum Gasteiger partial charge on any atom is -0.378 e. The second kappa shape index (κ2) is 8.34. The van der Waals surface area contributed by atoms with E-state index in [9.17, 15) is 4.79 Å². The lowest BCUT2D eigenvalue weighted by atomic mass is 9.93. The fourth-order valence-electron chi connectivity index (χ4n) is 3.14. The van der Waals surface area contributed by atoms with E-state index in [0.29, 0.717) is 6.42 Å². The molecule has 0 fully saturated rings. The van der Waals surface area contributed by atoms with E-state index in [2.05, 4.69) is 66.0 Å². The summed E-state index contributed by atoms with van der Waals surface area (Å²) < 4.78 is 0. The number of rotatable bonds is 7. The lowest BCUT2D eigenvalue weighted by molar-refractivity contribution is -0.118. The number of allylic oxidation sites excluding steroid dienone is 2. The van der Waals surface area contributed by atoms with Crippen LogP contribution in [0.3, 0.4) is 0 Å². The third-order valence-corrected chi connectivity index (χ3v) is 4.43. The van der Waals surface area contributed by atoms with E-state index >= 15 is 0 Å². The van der Waals surface area contributed by atoms with Gasteiger partial charge < -0.3 is 11.1 Å². The number of dihydropyridines is 1. The van der Waals surface area contributed by atoms with E-state index in [1.54, 1.807) is 0 Å². The van der Waals surface area contributed by atoms with Gasteiger partial charge in [-0.05, 0) is 24.0 Å². The summed E-state index contributed by atoms with van der Waals surface area (Å²) in [6, 6.07) is 21.1. The lowest BCUT2D eigenvalue weighted by Crippen LogP contribution is -2.29. The number of carbonyl (C=O) groups is 1. The van der Waals surface area contributed by atoms with E-state index in [-0.39, 0.29) is 11.9 Å². The third kappa shape index (κ3) is 4.60. The van der Waals surface area contributed by atoms with Gasteiger partial charge in [-0.2, -0.15) is 0 Å². The highest BCUT2D eigenvalue weighted by molar-refractivity contribution is 5.95. The number of nitrogens with one attached hydrogen (secondary N) is 1. The highest BCUT2D eigenvalue weighted by Gasteiger charge is 2.17. The van der Waals surface area contributed by atoms with E-state index < -0.39 is 0 Å². The lowest BCUT2D eigenvalue weighted by Gasteiger charge is -2.26. The fourth-order valence-corrected chi connectivity index (χ4v) is 3.14. The Kier molecular flexibility index (Phi) is 5.68. The minimum absolute atomic E-state index is 0.219. The second-order valence-corrected chi connectivity index (χ2v) is 6.34. The molecule has 3 rings (SSSR count). The summed E-state index contributed by atoms with van der Waals surface area (Å²) in [5.41, 5.74) is 9.98. The first-order valence-electron chi connectivity index (χ1n) is 8.82. The SMILES string of the molecule is NC(=O)CCCCC1C=CC(c2ccccc2)=C(c2ccccc2)N1. The Bertz CT molecular complexity index is 763. The van der Waals surface area contributed by atoms with Gasteiger partial charge in [0.05, 0.1) is 0 Å². The quantitative estimate of drug-likeness (QED) is 0.749. The second-order valence-electron chi connectivity index (χ2n) is 6.34. The normalized spacial score (nSPS) is 16.6. The largest absolute Gasteiger partial charge is 0.378 e. The van der Waals surface area contributed by atoms with Crippen LogP contribution in [0.4, 0.5) is 0 Å². The molecule has 3 heteroatoms. The summed E-state index contributed by atoms with van der Waals surface area (Å²) in [5.74, 6) is -0.219. The van der Waals surface area contributed by atoms with Gasteiger partial charge in [0.1, 0.15) is 0 Å². The minimum atomic E-state index is -0.219. The molecule has 1 aliphatic heterocycles. The number of unbranched alkanes of at least 4 members (excludes halogenated alkanes) is 1.